The summed E-state index contributed by atoms with van der Waals surface area (Å²) < 4.78 is 45.1. The number of carbonyl (C=O) groups is 1. The molecule has 3 aromatic rings. The highest BCUT2D eigenvalue weighted by Gasteiger charge is 2.36. The highest BCUT2D eigenvalue weighted by atomic mass is 19.1. The van der Waals surface area contributed by atoms with E-state index in [4.69, 9.17) is 14.2 Å². The number of nitrogens with one attached hydrogen (secondary N) is 1. The maximum absolute atomic E-state index is 14.9. The minimum absolute atomic E-state index is 0.00247. The quantitative estimate of drug-likeness (QED) is 0.537. The van der Waals surface area contributed by atoms with Crippen LogP contribution in [0.1, 0.15) is 16.7 Å². The number of ether oxygens (including phenoxy) is 3. The Labute approximate surface area is 197 Å². The zero-order valence-corrected chi connectivity index (χ0v) is 19.2. The van der Waals surface area contributed by atoms with Crippen molar-refractivity contribution < 1.29 is 27.8 Å². The first kappa shape index (κ1) is 23.4. The van der Waals surface area contributed by atoms with Crippen LogP contribution in [0.25, 0.3) is 0 Å². The summed E-state index contributed by atoms with van der Waals surface area (Å²) in [5.41, 5.74) is 2.67. The Morgan fingerprint density at radius 1 is 0.971 bits per heavy atom. The molecule has 0 aromatic heterocycles. The molecule has 1 N–H and O–H groups in total. The average Bonchev–Trinajstić information content (AvgIpc) is 3.26. The fraction of sp³-hybridized carbons (Fsp3) is 0.269. The van der Waals surface area contributed by atoms with Gasteiger partial charge in [0.25, 0.3) is 0 Å². The van der Waals surface area contributed by atoms with Crippen molar-refractivity contribution in [2.45, 2.75) is 25.4 Å². The highest BCUT2D eigenvalue weighted by molar-refractivity contribution is 5.93. The monoisotopic (exact) mass is 468 g/mol. The number of carbonyl (C=O) groups excluding carboxylic acids is 1. The number of hydrogen-bond acceptors (Lipinski definition) is 4. The topological polar surface area (TPSA) is 60.0 Å². The van der Waals surface area contributed by atoms with Crippen molar-refractivity contribution in [2.24, 2.45) is 0 Å². The van der Waals surface area contributed by atoms with E-state index in [1.165, 1.54) is 32.3 Å². The lowest BCUT2D eigenvalue weighted by Crippen LogP contribution is -2.47. The molecule has 3 aromatic carbocycles. The number of amides is 2. The van der Waals surface area contributed by atoms with E-state index in [0.29, 0.717) is 30.1 Å². The Bertz CT molecular complexity index is 1190. The zero-order chi connectivity index (χ0) is 24.2. The lowest BCUT2D eigenvalue weighted by Gasteiger charge is -2.29. The number of methoxy groups -OCH3 is 3. The average molecular weight is 469 g/mol. The number of rotatable bonds is 7. The van der Waals surface area contributed by atoms with Crippen LogP contribution in [0.5, 0.6) is 17.2 Å². The number of benzene rings is 3. The van der Waals surface area contributed by atoms with Gasteiger partial charge in [-0.25, -0.2) is 13.6 Å². The molecule has 0 spiro atoms. The van der Waals surface area contributed by atoms with E-state index in [9.17, 15) is 13.6 Å². The van der Waals surface area contributed by atoms with E-state index >= 15 is 0 Å². The highest BCUT2D eigenvalue weighted by Crippen LogP contribution is 2.46. The molecule has 0 aliphatic heterocycles. The van der Waals surface area contributed by atoms with Crippen LogP contribution >= 0.6 is 0 Å². The predicted octanol–water partition coefficient (Wildman–Crippen LogP) is 4.87. The number of fused-ring (bicyclic) bond motifs is 1. The zero-order valence-electron chi connectivity index (χ0n) is 19.2. The molecule has 0 heterocycles. The summed E-state index contributed by atoms with van der Waals surface area (Å²) in [6.07, 6.45) is 0.829. The number of anilines is 1. The molecular formula is C26H26F2N2O4. The van der Waals surface area contributed by atoms with E-state index in [0.717, 1.165) is 28.8 Å². The van der Waals surface area contributed by atoms with Crippen molar-refractivity contribution in [2.75, 3.05) is 26.2 Å². The Balaban J connectivity index is 1.69. The van der Waals surface area contributed by atoms with Crippen LogP contribution in [-0.4, -0.2) is 33.4 Å². The van der Waals surface area contributed by atoms with Crippen LogP contribution in [0.4, 0.5) is 19.3 Å². The smallest absolute Gasteiger partial charge is 0.322 e. The van der Waals surface area contributed by atoms with Gasteiger partial charge in [0, 0.05) is 24.2 Å². The Morgan fingerprint density at radius 2 is 1.71 bits per heavy atom. The molecule has 0 bridgehead atoms. The summed E-state index contributed by atoms with van der Waals surface area (Å²) in [4.78, 5) is 14.7. The fourth-order valence-corrected chi connectivity index (χ4v) is 4.42. The lowest BCUT2D eigenvalue weighted by atomic mass is 10.1. The third kappa shape index (κ3) is 4.48. The molecule has 0 saturated carbocycles. The van der Waals surface area contributed by atoms with Crippen molar-refractivity contribution in [3.8, 4) is 17.2 Å². The van der Waals surface area contributed by atoms with Crippen molar-refractivity contribution in [3.63, 3.8) is 0 Å². The molecule has 0 saturated heterocycles. The molecule has 178 valence electrons. The Hall–Kier alpha value is -3.81. The molecule has 8 heteroatoms. The van der Waals surface area contributed by atoms with Gasteiger partial charge in [0.15, 0.2) is 11.5 Å². The second kappa shape index (κ2) is 9.99. The maximum atomic E-state index is 14.9. The Kier molecular flexibility index (Phi) is 6.86. The molecule has 0 fully saturated rings. The third-order valence-electron chi connectivity index (χ3n) is 5.96. The normalized spacial score (nSPS) is 14.3. The summed E-state index contributed by atoms with van der Waals surface area (Å²) in [5.74, 6) is -0.0440. The van der Waals surface area contributed by atoms with Gasteiger partial charge in [-0.15, -0.1) is 0 Å². The summed E-state index contributed by atoms with van der Waals surface area (Å²) in [5, 5.41) is 2.86. The van der Waals surface area contributed by atoms with Gasteiger partial charge in [0.2, 0.25) is 5.75 Å². The van der Waals surface area contributed by atoms with Crippen molar-refractivity contribution >= 4 is 11.7 Å². The van der Waals surface area contributed by atoms with E-state index in [-0.39, 0.29) is 12.2 Å². The summed E-state index contributed by atoms with van der Waals surface area (Å²) in [6, 6.07) is 13.5. The van der Waals surface area contributed by atoms with Crippen LogP contribution < -0.4 is 24.4 Å². The van der Waals surface area contributed by atoms with Crippen LogP contribution in [0.3, 0.4) is 0 Å². The molecule has 1 atom stereocenters. The van der Waals surface area contributed by atoms with Gasteiger partial charge in [-0.1, -0.05) is 30.3 Å². The van der Waals surface area contributed by atoms with Crippen LogP contribution in [0, 0.1) is 11.6 Å². The molecule has 34 heavy (non-hydrogen) atoms. The van der Waals surface area contributed by atoms with E-state index in [1.807, 2.05) is 36.4 Å². The first-order chi connectivity index (χ1) is 16.5. The van der Waals surface area contributed by atoms with E-state index < -0.39 is 23.7 Å². The van der Waals surface area contributed by atoms with E-state index in [1.54, 1.807) is 0 Å². The molecule has 1 aliphatic rings. The molecule has 0 radical (unpaired) electrons. The first-order valence-corrected chi connectivity index (χ1v) is 10.8. The van der Waals surface area contributed by atoms with Gasteiger partial charge in [-0.05, 0) is 42.2 Å². The SMILES string of the molecule is COc1cc2c(c(OC)c1OC)CC(N(C(=O)NCc1ccccc1)c1ccc(F)cc1F)C2. The fourth-order valence-electron chi connectivity index (χ4n) is 4.42. The lowest BCUT2D eigenvalue weighted by molar-refractivity contribution is 0.243. The molecular weight excluding hydrogens is 442 g/mol. The maximum Gasteiger partial charge on any atom is 0.322 e. The van der Waals surface area contributed by atoms with Crippen molar-refractivity contribution in [3.05, 3.63) is 82.9 Å². The van der Waals surface area contributed by atoms with Gasteiger partial charge in [0.1, 0.15) is 11.6 Å². The first-order valence-electron chi connectivity index (χ1n) is 10.8. The summed E-state index contributed by atoms with van der Waals surface area (Å²) >= 11 is 0. The standard InChI is InChI=1S/C26H26F2N2O4/c1-32-23-12-17-11-19(14-20(17)24(33-2)25(23)34-3)30(22-10-9-18(27)13-21(22)28)26(31)29-15-16-7-5-4-6-8-16/h4-10,12-13,19H,11,14-15H2,1-3H3,(H,29,31). The third-order valence-corrected chi connectivity index (χ3v) is 5.96. The predicted molar refractivity (Wildman–Crippen MR) is 125 cm³/mol. The van der Waals surface area contributed by atoms with Crippen molar-refractivity contribution in [1.82, 2.24) is 5.32 Å². The largest absolute Gasteiger partial charge is 0.493 e. The number of nitrogens with zero attached hydrogens (tertiary/aromatic N) is 1. The molecule has 2 amide bonds. The van der Waals surface area contributed by atoms with Crippen LogP contribution in [0.2, 0.25) is 0 Å². The molecule has 4 rings (SSSR count). The summed E-state index contributed by atoms with van der Waals surface area (Å²) in [7, 11) is 4.60. The van der Waals surface area contributed by atoms with E-state index in [2.05, 4.69) is 5.32 Å². The Morgan fingerprint density at radius 3 is 2.35 bits per heavy atom. The van der Waals surface area contributed by atoms with Gasteiger partial charge >= 0.3 is 6.03 Å². The van der Waals surface area contributed by atoms with Crippen LogP contribution in [0.15, 0.2) is 54.6 Å². The second-order valence-corrected chi connectivity index (χ2v) is 7.96. The van der Waals surface area contributed by atoms with Gasteiger partial charge < -0.3 is 19.5 Å². The number of urea groups is 1. The number of halogens is 2. The molecule has 1 unspecified atom stereocenters. The summed E-state index contributed by atoms with van der Waals surface area (Å²) in [6.45, 7) is 0.267. The minimum atomic E-state index is -0.812. The molecule has 1 aliphatic carbocycles. The van der Waals surface area contributed by atoms with Crippen LogP contribution in [-0.2, 0) is 19.4 Å². The number of hydrogen-bond donors (Lipinski definition) is 1. The van der Waals surface area contributed by atoms with Gasteiger partial charge in [-0.3, -0.25) is 4.90 Å². The van der Waals surface area contributed by atoms with Crippen molar-refractivity contribution in [1.29, 1.82) is 0 Å². The minimum Gasteiger partial charge on any atom is -0.493 e. The second-order valence-electron chi connectivity index (χ2n) is 7.96. The van der Waals surface area contributed by atoms with Gasteiger partial charge in [-0.2, -0.15) is 0 Å². The van der Waals surface area contributed by atoms with Gasteiger partial charge in [0.05, 0.1) is 27.0 Å². The molecule has 6 nitrogen and oxygen atoms in total.